The average Bonchev–Trinajstić information content (AvgIpc) is 2.59. The molecular formula is C13H23N3OSSi2. The Morgan fingerprint density at radius 3 is 2.15 bits per heavy atom. The van der Waals surface area contributed by atoms with Gasteiger partial charge in [0.2, 0.25) is 10.9 Å². The van der Waals surface area contributed by atoms with Crippen LogP contribution in [0, 0.1) is 0 Å². The van der Waals surface area contributed by atoms with Gasteiger partial charge in [-0.3, -0.25) is 0 Å². The molecule has 1 aliphatic heterocycles. The number of anilines is 1. The lowest BCUT2D eigenvalue weighted by Gasteiger charge is -2.40. The third-order valence-corrected chi connectivity index (χ3v) is 14.2. The van der Waals surface area contributed by atoms with Crippen molar-refractivity contribution in [3.05, 3.63) is 18.2 Å². The predicted octanol–water partition coefficient (Wildman–Crippen LogP) is 3.42. The number of nitrogens with zero attached hydrogens (tertiary/aromatic N) is 3. The molecule has 7 heteroatoms. The summed E-state index contributed by atoms with van der Waals surface area (Å²) in [5.41, 5.74) is 1.17. The molecule has 1 aliphatic rings. The third kappa shape index (κ3) is 2.94. The molecule has 0 aliphatic carbocycles. The van der Waals surface area contributed by atoms with Crippen molar-refractivity contribution in [2.75, 3.05) is 10.8 Å². The Hall–Kier alpha value is -0.796. The molecule has 0 N–H and O–H groups in total. The quantitative estimate of drug-likeness (QED) is 0.629. The van der Waals surface area contributed by atoms with Crippen molar-refractivity contribution in [1.82, 2.24) is 9.97 Å². The van der Waals surface area contributed by atoms with Gasteiger partial charge in [-0.05, 0) is 31.2 Å². The number of hydrogen-bond acceptors (Lipinski definition) is 5. The SMILES string of the molecule is CCOC(=S)c1ncc(N2[Si](C)(C)CC[Si]2(C)C)cn1. The van der Waals surface area contributed by atoms with Crippen LogP contribution in [0.15, 0.2) is 12.4 Å². The van der Waals surface area contributed by atoms with E-state index in [1.165, 1.54) is 17.8 Å². The number of ether oxygens (including phenoxy) is 1. The van der Waals surface area contributed by atoms with Gasteiger partial charge in [0.1, 0.15) is 16.5 Å². The summed E-state index contributed by atoms with van der Waals surface area (Å²) in [5, 5.41) is 0.383. The van der Waals surface area contributed by atoms with Crippen LogP contribution in [-0.2, 0) is 4.74 Å². The minimum Gasteiger partial charge on any atom is -0.481 e. The molecule has 0 spiro atoms. The van der Waals surface area contributed by atoms with Gasteiger partial charge in [0, 0.05) is 0 Å². The monoisotopic (exact) mass is 325 g/mol. The normalized spacial score (nSPS) is 19.9. The Kier molecular flexibility index (Phi) is 4.31. The highest BCUT2D eigenvalue weighted by Gasteiger charge is 2.47. The van der Waals surface area contributed by atoms with Crippen LogP contribution in [0.2, 0.25) is 38.3 Å². The molecule has 1 fully saturated rings. The first-order valence-electron chi connectivity index (χ1n) is 7.07. The van der Waals surface area contributed by atoms with Crippen LogP contribution in [0.4, 0.5) is 5.69 Å². The number of hydrogen-bond donors (Lipinski definition) is 0. The van der Waals surface area contributed by atoms with Crippen LogP contribution in [0.3, 0.4) is 0 Å². The second-order valence-corrected chi connectivity index (χ2v) is 16.4. The van der Waals surface area contributed by atoms with Gasteiger partial charge in [0.15, 0.2) is 0 Å². The third-order valence-electron chi connectivity index (χ3n) is 3.91. The molecule has 0 bridgehead atoms. The molecule has 4 nitrogen and oxygen atoms in total. The van der Waals surface area contributed by atoms with Crippen molar-refractivity contribution in [3.8, 4) is 0 Å². The number of rotatable bonds is 3. The molecule has 2 heterocycles. The second-order valence-electron chi connectivity index (χ2n) is 6.45. The van der Waals surface area contributed by atoms with Crippen LogP contribution in [0.25, 0.3) is 0 Å². The molecule has 0 atom stereocenters. The van der Waals surface area contributed by atoms with E-state index in [-0.39, 0.29) is 0 Å². The van der Waals surface area contributed by atoms with E-state index in [9.17, 15) is 0 Å². The van der Waals surface area contributed by atoms with E-state index in [2.05, 4.69) is 40.4 Å². The smallest absolute Gasteiger partial charge is 0.229 e. The summed E-state index contributed by atoms with van der Waals surface area (Å²) in [6, 6.07) is 2.73. The molecule has 2 rings (SSSR count). The van der Waals surface area contributed by atoms with Crippen LogP contribution < -0.4 is 4.23 Å². The Morgan fingerprint density at radius 1 is 1.20 bits per heavy atom. The molecule has 1 saturated heterocycles. The zero-order valence-corrected chi connectivity index (χ0v) is 15.8. The van der Waals surface area contributed by atoms with Gasteiger partial charge in [0.05, 0.1) is 24.7 Å². The number of aromatic nitrogens is 2. The second kappa shape index (κ2) is 5.53. The minimum absolute atomic E-state index is 0.383. The lowest BCUT2D eigenvalue weighted by Crippen LogP contribution is -2.55. The number of thiocarbonyl (C=S) groups is 1. The summed E-state index contributed by atoms with van der Waals surface area (Å²) in [6.07, 6.45) is 3.84. The van der Waals surface area contributed by atoms with Gasteiger partial charge in [-0.2, -0.15) is 0 Å². The van der Waals surface area contributed by atoms with Gasteiger partial charge >= 0.3 is 0 Å². The maximum atomic E-state index is 5.29. The first kappa shape index (κ1) is 15.6. The molecule has 0 saturated carbocycles. The zero-order valence-electron chi connectivity index (χ0n) is 12.9. The first-order valence-corrected chi connectivity index (χ1v) is 13.8. The topological polar surface area (TPSA) is 38.2 Å². The molecule has 0 aromatic carbocycles. The van der Waals surface area contributed by atoms with E-state index in [0.717, 1.165) is 0 Å². The van der Waals surface area contributed by atoms with E-state index in [4.69, 9.17) is 17.0 Å². The van der Waals surface area contributed by atoms with E-state index < -0.39 is 16.5 Å². The summed E-state index contributed by atoms with van der Waals surface area (Å²) in [4.78, 5) is 8.80. The van der Waals surface area contributed by atoms with Gasteiger partial charge in [-0.15, -0.1) is 0 Å². The molecular weight excluding hydrogens is 302 g/mol. The van der Waals surface area contributed by atoms with E-state index in [1.807, 2.05) is 19.3 Å². The van der Waals surface area contributed by atoms with Crippen molar-refractivity contribution < 1.29 is 4.74 Å². The fourth-order valence-corrected chi connectivity index (χ4v) is 17.5. The standard InChI is InChI=1S/C13H23N3OSSi2/c1-6-17-13(18)12-14-9-11(10-15-12)16-19(2,3)7-8-20(16,4)5/h9-10H,6-8H2,1-5H3. The van der Waals surface area contributed by atoms with Crippen LogP contribution >= 0.6 is 12.2 Å². The van der Waals surface area contributed by atoms with E-state index in [0.29, 0.717) is 17.5 Å². The maximum Gasteiger partial charge on any atom is 0.229 e. The van der Waals surface area contributed by atoms with Crippen molar-refractivity contribution in [2.24, 2.45) is 0 Å². The maximum absolute atomic E-state index is 5.29. The Labute approximate surface area is 128 Å². The molecule has 110 valence electrons. The van der Waals surface area contributed by atoms with Crippen molar-refractivity contribution in [3.63, 3.8) is 0 Å². The summed E-state index contributed by atoms with van der Waals surface area (Å²) in [7, 11) is -2.71. The summed E-state index contributed by atoms with van der Waals surface area (Å²) >= 11 is 5.14. The van der Waals surface area contributed by atoms with Crippen LogP contribution in [-0.4, -0.2) is 38.1 Å². The lowest BCUT2D eigenvalue weighted by molar-refractivity contribution is 0.335. The van der Waals surface area contributed by atoms with Crippen molar-refractivity contribution in [2.45, 2.75) is 45.2 Å². The summed E-state index contributed by atoms with van der Waals surface area (Å²) in [6.45, 7) is 12.2. The average molecular weight is 326 g/mol. The molecule has 1 aromatic heterocycles. The van der Waals surface area contributed by atoms with Crippen molar-refractivity contribution in [1.29, 1.82) is 0 Å². The molecule has 20 heavy (non-hydrogen) atoms. The minimum atomic E-state index is -1.35. The van der Waals surface area contributed by atoms with E-state index in [1.54, 1.807) is 0 Å². The Morgan fingerprint density at radius 2 is 1.70 bits per heavy atom. The Balaban J connectivity index is 2.27. The first-order chi connectivity index (χ1) is 9.28. The highest BCUT2D eigenvalue weighted by molar-refractivity contribution is 7.80. The molecule has 0 unspecified atom stereocenters. The van der Waals surface area contributed by atoms with Gasteiger partial charge in [-0.25, -0.2) is 9.97 Å². The van der Waals surface area contributed by atoms with Crippen LogP contribution in [0.1, 0.15) is 12.7 Å². The van der Waals surface area contributed by atoms with Crippen molar-refractivity contribution >= 4 is 39.4 Å². The molecule has 1 aromatic rings. The van der Waals surface area contributed by atoms with E-state index >= 15 is 0 Å². The fourth-order valence-electron chi connectivity index (χ4n) is 3.09. The summed E-state index contributed by atoms with van der Waals surface area (Å²) in [5.74, 6) is 0.517. The molecule has 0 radical (unpaired) electrons. The lowest BCUT2D eigenvalue weighted by atomic mass is 10.5. The Bertz CT molecular complexity index is 489. The van der Waals surface area contributed by atoms with Gasteiger partial charge in [0.25, 0.3) is 0 Å². The van der Waals surface area contributed by atoms with Gasteiger partial charge in [-0.1, -0.05) is 26.2 Å². The largest absolute Gasteiger partial charge is 0.481 e. The zero-order chi connectivity index (χ0) is 15.0. The van der Waals surface area contributed by atoms with Gasteiger partial charge < -0.3 is 8.97 Å². The summed E-state index contributed by atoms with van der Waals surface area (Å²) < 4.78 is 7.97. The highest BCUT2D eigenvalue weighted by Crippen LogP contribution is 2.40. The highest BCUT2D eigenvalue weighted by atomic mass is 32.1. The van der Waals surface area contributed by atoms with Crippen LogP contribution in [0.5, 0.6) is 0 Å². The fraction of sp³-hybridized carbons (Fsp3) is 0.615. The molecule has 0 amide bonds. The predicted molar refractivity (Wildman–Crippen MR) is 92.4 cm³/mol.